The van der Waals surface area contributed by atoms with Crippen molar-refractivity contribution < 1.29 is 19.1 Å². The number of aliphatic hydroxyl groups excluding tert-OH is 1. The van der Waals surface area contributed by atoms with E-state index in [2.05, 4.69) is 5.32 Å². The standard InChI is InChI=1S/C21H19Cl2NO4/c1-12-9-15(4-6-17(12)19-8-5-16(11-25)28-19)24-21(26)13(2)27-20-7-3-14(22)10-18(20)23/h3-10,13,25H,11H2,1-2H3,(H,24,26)/t13-/m0/s1. The number of benzene rings is 2. The lowest BCUT2D eigenvalue weighted by molar-refractivity contribution is -0.122. The van der Waals surface area contributed by atoms with Gasteiger partial charge in [-0.25, -0.2) is 0 Å². The molecule has 1 aromatic heterocycles. The second kappa shape index (κ2) is 8.69. The second-order valence-corrected chi connectivity index (χ2v) is 7.12. The van der Waals surface area contributed by atoms with Crippen molar-refractivity contribution in [2.75, 3.05) is 5.32 Å². The number of aryl methyl sites for hydroxylation is 1. The van der Waals surface area contributed by atoms with Crippen molar-refractivity contribution in [1.82, 2.24) is 0 Å². The Morgan fingerprint density at radius 3 is 2.61 bits per heavy atom. The van der Waals surface area contributed by atoms with Gasteiger partial charge < -0.3 is 19.6 Å². The molecule has 3 rings (SSSR count). The third-order valence-corrected chi connectivity index (χ3v) is 4.67. The number of carbonyl (C=O) groups excluding carboxylic acids is 1. The summed E-state index contributed by atoms with van der Waals surface area (Å²) in [6, 6.07) is 13.8. The molecule has 28 heavy (non-hydrogen) atoms. The van der Waals surface area contributed by atoms with Gasteiger partial charge in [0.25, 0.3) is 5.91 Å². The topological polar surface area (TPSA) is 71.7 Å². The van der Waals surface area contributed by atoms with Crippen LogP contribution >= 0.6 is 23.2 Å². The Hall–Kier alpha value is -2.47. The quantitative estimate of drug-likeness (QED) is 0.556. The molecule has 0 spiro atoms. The zero-order valence-electron chi connectivity index (χ0n) is 15.3. The molecule has 3 aromatic rings. The molecular weight excluding hydrogens is 401 g/mol. The molecule has 1 atom stereocenters. The van der Waals surface area contributed by atoms with Crippen LogP contribution in [0.4, 0.5) is 5.69 Å². The second-order valence-electron chi connectivity index (χ2n) is 6.28. The van der Waals surface area contributed by atoms with Crippen molar-refractivity contribution >= 4 is 34.8 Å². The Bertz CT molecular complexity index is 1000. The van der Waals surface area contributed by atoms with Crippen molar-refractivity contribution in [3.63, 3.8) is 0 Å². The van der Waals surface area contributed by atoms with Gasteiger partial charge in [0.15, 0.2) is 6.10 Å². The van der Waals surface area contributed by atoms with E-state index in [1.165, 1.54) is 0 Å². The normalized spacial score (nSPS) is 11.9. The highest BCUT2D eigenvalue weighted by Crippen LogP contribution is 2.29. The molecule has 1 heterocycles. The fourth-order valence-corrected chi connectivity index (χ4v) is 3.14. The zero-order valence-corrected chi connectivity index (χ0v) is 16.8. The number of carbonyl (C=O) groups is 1. The van der Waals surface area contributed by atoms with Gasteiger partial charge in [-0.05, 0) is 67.9 Å². The van der Waals surface area contributed by atoms with E-state index in [0.29, 0.717) is 33.0 Å². The lowest BCUT2D eigenvalue weighted by Crippen LogP contribution is -2.30. The molecule has 7 heteroatoms. The minimum atomic E-state index is -0.754. The number of ether oxygens (including phenoxy) is 1. The summed E-state index contributed by atoms with van der Waals surface area (Å²) in [5, 5.41) is 12.8. The van der Waals surface area contributed by atoms with Gasteiger partial charge >= 0.3 is 0 Å². The molecule has 0 bridgehead atoms. The first-order valence-corrected chi connectivity index (χ1v) is 9.36. The summed E-state index contributed by atoms with van der Waals surface area (Å²) in [5.41, 5.74) is 2.44. The van der Waals surface area contributed by atoms with Crippen molar-refractivity contribution in [2.24, 2.45) is 0 Å². The van der Waals surface area contributed by atoms with Crippen molar-refractivity contribution in [3.8, 4) is 17.1 Å². The number of rotatable bonds is 6. The van der Waals surface area contributed by atoms with Gasteiger partial charge in [0.05, 0.1) is 5.02 Å². The van der Waals surface area contributed by atoms with Gasteiger partial charge in [-0.15, -0.1) is 0 Å². The van der Waals surface area contributed by atoms with Crippen LogP contribution in [0.15, 0.2) is 52.9 Å². The molecule has 0 aliphatic rings. The molecule has 1 amide bonds. The maximum Gasteiger partial charge on any atom is 0.265 e. The molecule has 0 unspecified atom stereocenters. The van der Waals surface area contributed by atoms with Crippen LogP contribution in [0, 0.1) is 6.92 Å². The molecule has 5 nitrogen and oxygen atoms in total. The lowest BCUT2D eigenvalue weighted by atomic mass is 10.1. The number of hydrogen-bond acceptors (Lipinski definition) is 4. The van der Waals surface area contributed by atoms with Crippen LogP contribution in [0.25, 0.3) is 11.3 Å². The summed E-state index contributed by atoms with van der Waals surface area (Å²) in [5.74, 6) is 1.24. The molecule has 0 radical (unpaired) electrons. The highest BCUT2D eigenvalue weighted by Gasteiger charge is 2.17. The molecule has 0 aliphatic heterocycles. The largest absolute Gasteiger partial charge is 0.479 e. The first kappa shape index (κ1) is 20.3. The lowest BCUT2D eigenvalue weighted by Gasteiger charge is -2.16. The Morgan fingerprint density at radius 1 is 1.18 bits per heavy atom. The SMILES string of the molecule is Cc1cc(NC(=O)[C@H](C)Oc2ccc(Cl)cc2Cl)ccc1-c1ccc(CO)o1. The Kier molecular flexibility index (Phi) is 6.29. The number of hydrogen-bond donors (Lipinski definition) is 2. The van der Waals surface area contributed by atoms with Crippen LogP contribution in [0.3, 0.4) is 0 Å². The van der Waals surface area contributed by atoms with Crippen LogP contribution < -0.4 is 10.1 Å². The predicted octanol–water partition coefficient (Wildman–Crippen LogP) is 5.46. The minimum absolute atomic E-state index is 0.150. The van der Waals surface area contributed by atoms with Gasteiger partial charge in [-0.1, -0.05) is 23.2 Å². The third-order valence-electron chi connectivity index (χ3n) is 4.14. The summed E-state index contributed by atoms with van der Waals surface area (Å²) in [4.78, 5) is 12.5. The van der Waals surface area contributed by atoms with E-state index in [1.54, 1.807) is 43.3 Å². The summed E-state index contributed by atoms with van der Waals surface area (Å²) >= 11 is 11.9. The van der Waals surface area contributed by atoms with Gasteiger partial charge in [0, 0.05) is 16.3 Å². The van der Waals surface area contributed by atoms with E-state index >= 15 is 0 Å². The first-order chi connectivity index (χ1) is 13.4. The number of aliphatic hydroxyl groups is 1. The molecule has 0 saturated carbocycles. The molecular formula is C21H19Cl2NO4. The van der Waals surface area contributed by atoms with E-state index in [4.69, 9.17) is 37.5 Å². The van der Waals surface area contributed by atoms with E-state index < -0.39 is 6.10 Å². The summed E-state index contributed by atoms with van der Waals surface area (Å²) in [6.07, 6.45) is -0.754. The minimum Gasteiger partial charge on any atom is -0.479 e. The van der Waals surface area contributed by atoms with E-state index in [1.807, 2.05) is 19.1 Å². The van der Waals surface area contributed by atoms with Gasteiger partial charge in [-0.3, -0.25) is 4.79 Å². The maximum atomic E-state index is 12.5. The third kappa shape index (κ3) is 4.68. The van der Waals surface area contributed by atoms with Crippen molar-refractivity contribution in [2.45, 2.75) is 26.6 Å². The zero-order chi connectivity index (χ0) is 20.3. The summed E-state index contributed by atoms with van der Waals surface area (Å²) in [7, 11) is 0. The number of anilines is 1. The Balaban J connectivity index is 1.68. The highest BCUT2D eigenvalue weighted by atomic mass is 35.5. The smallest absolute Gasteiger partial charge is 0.265 e. The summed E-state index contributed by atoms with van der Waals surface area (Å²) < 4.78 is 11.2. The number of halogens is 2. The van der Waals surface area contributed by atoms with Gasteiger partial charge in [-0.2, -0.15) is 0 Å². The molecule has 0 fully saturated rings. The number of nitrogens with one attached hydrogen (secondary N) is 1. The van der Waals surface area contributed by atoms with Crippen LogP contribution in [0.5, 0.6) is 5.75 Å². The van der Waals surface area contributed by atoms with E-state index in [0.717, 1.165) is 11.1 Å². The van der Waals surface area contributed by atoms with Crippen LogP contribution in [0.2, 0.25) is 10.0 Å². The number of amides is 1. The Morgan fingerprint density at radius 2 is 1.96 bits per heavy atom. The monoisotopic (exact) mass is 419 g/mol. The average Bonchev–Trinajstić information content (AvgIpc) is 3.13. The van der Waals surface area contributed by atoms with E-state index in [9.17, 15) is 4.79 Å². The van der Waals surface area contributed by atoms with Crippen LogP contribution in [-0.2, 0) is 11.4 Å². The average molecular weight is 420 g/mol. The van der Waals surface area contributed by atoms with Crippen molar-refractivity contribution in [1.29, 1.82) is 0 Å². The van der Waals surface area contributed by atoms with Gasteiger partial charge in [0.1, 0.15) is 23.9 Å². The van der Waals surface area contributed by atoms with Crippen LogP contribution in [0.1, 0.15) is 18.2 Å². The summed E-state index contributed by atoms with van der Waals surface area (Å²) in [6.45, 7) is 3.41. The molecule has 0 aliphatic carbocycles. The molecule has 2 N–H and O–H groups in total. The molecule has 146 valence electrons. The van der Waals surface area contributed by atoms with E-state index in [-0.39, 0.29) is 12.5 Å². The first-order valence-electron chi connectivity index (χ1n) is 8.60. The highest BCUT2D eigenvalue weighted by molar-refractivity contribution is 6.35. The predicted molar refractivity (Wildman–Crippen MR) is 110 cm³/mol. The fraction of sp³-hybridized carbons (Fsp3) is 0.190. The Labute approximate surface area is 172 Å². The molecule has 2 aromatic carbocycles. The van der Waals surface area contributed by atoms with Crippen molar-refractivity contribution in [3.05, 3.63) is 69.9 Å². The fourth-order valence-electron chi connectivity index (χ4n) is 2.68. The van der Waals surface area contributed by atoms with Crippen LogP contribution in [-0.4, -0.2) is 17.1 Å². The maximum absolute atomic E-state index is 12.5. The number of furan rings is 1. The van der Waals surface area contributed by atoms with Gasteiger partial charge in [0.2, 0.25) is 0 Å². The molecule has 0 saturated heterocycles.